The van der Waals surface area contributed by atoms with Crippen molar-refractivity contribution in [3.8, 4) is 11.4 Å². The van der Waals surface area contributed by atoms with Gasteiger partial charge in [0.05, 0.1) is 16.2 Å². The highest BCUT2D eigenvalue weighted by atomic mass is 79.9. The Morgan fingerprint density at radius 1 is 0.966 bits per heavy atom. The molecule has 0 saturated heterocycles. The van der Waals surface area contributed by atoms with Crippen LogP contribution in [0.3, 0.4) is 0 Å². The summed E-state index contributed by atoms with van der Waals surface area (Å²) >= 11 is 3.55. The van der Waals surface area contributed by atoms with E-state index < -0.39 is 0 Å². The Bertz CT molecular complexity index is 1540. The second-order valence-corrected chi connectivity index (χ2v) is 7.81. The van der Waals surface area contributed by atoms with Gasteiger partial charge in [0.1, 0.15) is 11.5 Å². The fourth-order valence-electron chi connectivity index (χ4n) is 3.80. The van der Waals surface area contributed by atoms with Gasteiger partial charge in [0.25, 0.3) is 0 Å². The zero-order chi connectivity index (χ0) is 20.0. The third-order valence-electron chi connectivity index (χ3n) is 5.13. The summed E-state index contributed by atoms with van der Waals surface area (Å²) < 4.78 is 3.21. The zero-order valence-electron chi connectivity index (χ0n) is 15.9. The van der Waals surface area contributed by atoms with Crippen LogP contribution in [0.5, 0.6) is 0 Å². The minimum absolute atomic E-state index is 0.872. The number of benzene rings is 3. The molecule has 0 saturated carbocycles. The van der Waals surface area contributed by atoms with Crippen LogP contribution in [0.1, 0.15) is 6.92 Å². The van der Waals surface area contributed by atoms with Gasteiger partial charge in [-0.15, -0.1) is 0 Å². The molecule has 0 unspecified atom stereocenters. The molecule has 0 atom stereocenters. The zero-order valence-corrected chi connectivity index (χ0v) is 17.5. The van der Waals surface area contributed by atoms with Crippen molar-refractivity contribution in [1.82, 2.24) is 14.4 Å². The third-order valence-corrected chi connectivity index (χ3v) is 5.63. The van der Waals surface area contributed by atoms with Crippen molar-refractivity contribution < 1.29 is 0 Å². The number of halogens is 1. The van der Waals surface area contributed by atoms with E-state index in [1.165, 1.54) is 10.8 Å². The summed E-state index contributed by atoms with van der Waals surface area (Å²) in [6, 6.07) is 20.9. The van der Waals surface area contributed by atoms with Crippen molar-refractivity contribution in [2.24, 2.45) is 0 Å². The fourth-order valence-corrected chi connectivity index (χ4v) is 4.18. The standard InChI is InChI=1S/C25H18BrN3/c1-3-7-23-21(4-2)27-25-20-8-5-6-9-22(20)28-24(29(23)25)18-11-10-17-15-19(26)13-12-16(17)14-18/h3-15H,1H2,2H3/b21-4+,23-7+. The Labute approximate surface area is 176 Å². The van der Waals surface area contributed by atoms with Gasteiger partial charge in [0.2, 0.25) is 0 Å². The van der Waals surface area contributed by atoms with Crippen molar-refractivity contribution >= 4 is 55.4 Å². The number of allylic oxidation sites excluding steroid dienone is 1. The molecular formula is C25H18BrN3. The molecule has 5 aromatic rings. The number of hydrogen-bond donors (Lipinski definition) is 0. The smallest absolute Gasteiger partial charge is 0.149 e. The molecule has 0 aliphatic carbocycles. The lowest BCUT2D eigenvalue weighted by molar-refractivity contribution is 1.09. The predicted octanol–water partition coefficient (Wildman–Crippen LogP) is 5.23. The van der Waals surface area contributed by atoms with Gasteiger partial charge in [-0.2, -0.15) is 0 Å². The van der Waals surface area contributed by atoms with Crippen LogP contribution in [0.15, 0.2) is 77.8 Å². The van der Waals surface area contributed by atoms with Crippen LogP contribution in [0.2, 0.25) is 0 Å². The number of aromatic nitrogens is 3. The molecule has 0 bridgehead atoms. The molecule has 3 nitrogen and oxygen atoms in total. The van der Waals surface area contributed by atoms with Crippen molar-refractivity contribution in [3.05, 3.63) is 88.5 Å². The van der Waals surface area contributed by atoms with Crippen LogP contribution in [-0.4, -0.2) is 14.4 Å². The van der Waals surface area contributed by atoms with Crippen molar-refractivity contribution in [2.45, 2.75) is 6.92 Å². The monoisotopic (exact) mass is 439 g/mol. The van der Waals surface area contributed by atoms with Gasteiger partial charge < -0.3 is 0 Å². The Kier molecular flexibility index (Phi) is 4.29. The molecule has 0 spiro atoms. The first kappa shape index (κ1) is 17.8. The summed E-state index contributed by atoms with van der Waals surface area (Å²) in [5.74, 6) is 0.872. The molecule has 0 radical (unpaired) electrons. The quantitative estimate of drug-likeness (QED) is 0.376. The van der Waals surface area contributed by atoms with Crippen molar-refractivity contribution in [2.75, 3.05) is 0 Å². The molecule has 140 valence electrons. The van der Waals surface area contributed by atoms with E-state index in [0.29, 0.717) is 0 Å². The molecular weight excluding hydrogens is 422 g/mol. The van der Waals surface area contributed by atoms with E-state index in [4.69, 9.17) is 9.97 Å². The van der Waals surface area contributed by atoms with E-state index in [1.54, 1.807) is 6.08 Å². The van der Waals surface area contributed by atoms with Gasteiger partial charge in [-0.1, -0.05) is 65.0 Å². The van der Waals surface area contributed by atoms with Crippen LogP contribution in [0.4, 0.5) is 0 Å². The Hall–Kier alpha value is -3.24. The first-order valence-electron chi connectivity index (χ1n) is 9.45. The van der Waals surface area contributed by atoms with Crippen LogP contribution < -0.4 is 10.7 Å². The Morgan fingerprint density at radius 2 is 1.76 bits per heavy atom. The lowest BCUT2D eigenvalue weighted by Crippen LogP contribution is -2.27. The highest BCUT2D eigenvalue weighted by Gasteiger charge is 2.13. The Morgan fingerprint density at radius 3 is 2.59 bits per heavy atom. The van der Waals surface area contributed by atoms with Crippen molar-refractivity contribution in [1.29, 1.82) is 0 Å². The number of rotatable bonds is 2. The summed E-state index contributed by atoms with van der Waals surface area (Å²) in [6.07, 6.45) is 5.82. The topological polar surface area (TPSA) is 30.2 Å². The van der Waals surface area contributed by atoms with E-state index in [1.807, 2.05) is 37.3 Å². The molecule has 4 heteroatoms. The van der Waals surface area contributed by atoms with Gasteiger partial charge in [-0.3, -0.25) is 4.40 Å². The van der Waals surface area contributed by atoms with E-state index in [-0.39, 0.29) is 0 Å². The van der Waals surface area contributed by atoms with Crippen molar-refractivity contribution in [3.63, 3.8) is 0 Å². The summed E-state index contributed by atoms with van der Waals surface area (Å²) in [5.41, 5.74) is 2.89. The van der Waals surface area contributed by atoms with Crippen LogP contribution in [0, 0.1) is 0 Å². The van der Waals surface area contributed by atoms with Gasteiger partial charge in [0.15, 0.2) is 0 Å². The van der Waals surface area contributed by atoms with Crippen LogP contribution in [0.25, 0.3) is 50.9 Å². The van der Waals surface area contributed by atoms with E-state index in [9.17, 15) is 0 Å². The molecule has 2 aromatic heterocycles. The molecule has 29 heavy (non-hydrogen) atoms. The Balaban J connectivity index is 1.96. The lowest BCUT2D eigenvalue weighted by atomic mass is 10.1. The summed E-state index contributed by atoms with van der Waals surface area (Å²) in [5, 5.41) is 5.31. The third kappa shape index (κ3) is 2.88. The molecule has 3 aromatic carbocycles. The van der Waals surface area contributed by atoms with Crippen LogP contribution in [-0.2, 0) is 0 Å². The normalized spacial score (nSPS) is 13.0. The van der Waals surface area contributed by atoms with Crippen LogP contribution >= 0.6 is 15.9 Å². The SMILES string of the molecule is C=C/C=c1\c(=C/C)nc2c3ccccc3nc(-c3ccc4cc(Br)ccc4c3)n12. The largest absolute Gasteiger partial charge is 0.276 e. The lowest BCUT2D eigenvalue weighted by Gasteiger charge is -2.10. The maximum absolute atomic E-state index is 5.03. The molecule has 0 amide bonds. The van der Waals surface area contributed by atoms with E-state index >= 15 is 0 Å². The summed E-state index contributed by atoms with van der Waals surface area (Å²) in [4.78, 5) is 9.95. The molecule has 0 N–H and O–H groups in total. The second kappa shape index (κ2) is 6.98. The minimum atomic E-state index is 0.872. The fraction of sp³-hybridized carbons (Fsp3) is 0.0400. The van der Waals surface area contributed by atoms with Gasteiger partial charge in [-0.05, 0) is 54.1 Å². The maximum Gasteiger partial charge on any atom is 0.149 e. The summed E-state index contributed by atoms with van der Waals surface area (Å²) in [6.45, 7) is 5.90. The first-order chi connectivity index (χ1) is 14.2. The maximum atomic E-state index is 5.03. The minimum Gasteiger partial charge on any atom is -0.276 e. The van der Waals surface area contributed by atoms with Gasteiger partial charge >= 0.3 is 0 Å². The summed E-state index contributed by atoms with van der Waals surface area (Å²) in [7, 11) is 0. The molecule has 0 aliphatic rings. The van der Waals surface area contributed by atoms with Gasteiger partial charge in [0, 0.05) is 15.4 Å². The number of nitrogens with zero attached hydrogens (tertiary/aromatic N) is 3. The van der Waals surface area contributed by atoms with Gasteiger partial charge in [-0.25, -0.2) is 9.97 Å². The molecule has 0 aliphatic heterocycles. The van der Waals surface area contributed by atoms with E-state index in [0.717, 1.165) is 43.1 Å². The molecule has 0 fully saturated rings. The predicted molar refractivity (Wildman–Crippen MR) is 125 cm³/mol. The number of imidazole rings is 1. The highest BCUT2D eigenvalue weighted by molar-refractivity contribution is 9.10. The van der Waals surface area contributed by atoms with E-state index in [2.05, 4.69) is 69.4 Å². The number of para-hydroxylation sites is 1. The highest BCUT2D eigenvalue weighted by Crippen LogP contribution is 2.27. The second-order valence-electron chi connectivity index (χ2n) is 6.89. The molecule has 5 rings (SSSR count). The number of hydrogen-bond acceptors (Lipinski definition) is 2. The average molecular weight is 440 g/mol. The number of fused-ring (bicyclic) bond motifs is 4. The first-order valence-corrected chi connectivity index (χ1v) is 10.2. The molecule has 2 heterocycles. The average Bonchev–Trinajstić information content (AvgIpc) is 3.12.